The summed E-state index contributed by atoms with van der Waals surface area (Å²) in [4.78, 5) is 17.6. The first-order chi connectivity index (χ1) is 17.1. The van der Waals surface area contributed by atoms with Crippen molar-refractivity contribution in [3.63, 3.8) is 0 Å². The number of hydrogen-bond donors (Lipinski definition) is 1. The van der Waals surface area contributed by atoms with Crippen molar-refractivity contribution in [1.29, 1.82) is 5.26 Å². The van der Waals surface area contributed by atoms with Crippen molar-refractivity contribution in [2.24, 2.45) is 0 Å². The average Bonchev–Trinajstić information content (AvgIpc) is 3.40. The monoisotopic (exact) mass is 473 g/mol. The van der Waals surface area contributed by atoms with Crippen molar-refractivity contribution in [3.8, 4) is 11.8 Å². The number of amides is 1. The minimum Gasteiger partial charge on any atom is -0.381 e. The summed E-state index contributed by atoms with van der Waals surface area (Å²) in [7, 11) is 0. The smallest absolute Gasteiger partial charge is 0.257 e. The van der Waals surface area contributed by atoms with Gasteiger partial charge in [-0.3, -0.25) is 9.69 Å². The highest BCUT2D eigenvalue weighted by Crippen LogP contribution is 2.27. The molecule has 0 unspecified atom stereocenters. The lowest BCUT2D eigenvalue weighted by Crippen LogP contribution is -2.51. The summed E-state index contributed by atoms with van der Waals surface area (Å²) in [5.41, 5.74) is 3.26. The topological polar surface area (TPSA) is 73.5 Å². The molecule has 2 fully saturated rings. The van der Waals surface area contributed by atoms with Gasteiger partial charge in [0.05, 0.1) is 16.8 Å². The molecule has 2 saturated heterocycles. The molecule has 2 aliphatic heterocycles. The van der Waals surface area contributed by atoms with Gasteiger partial charge in [-0.15, -0.1) is 0 Å². The van der Waals surface area contributed by atoms with Crippen LogP contribution in [0.5, 0.6) is 0 Å². The largest absolute Gasteiger partial charge is 0.381 e. The van der Waals surface area contributed by atoms with Crippen molar-refractivity contribution in [3.05, 3.63) is 77.9 Å². The van der Waals surface area contributed by atoms with Gasteiger partial charge < -0.3 is 19.5 Å². The van der Waals surface area contributed by atoms with E-state index in [4.69, 9.17) is 4.74 Å². The Balaban J connectivity index is 1.23. The summed E-state index contributed by atoms with van der Waals surface area (Å²) in [6.45, 7) is 5.36. The molecule has 5 rings (SSSR count). The number of nitrogens with one attached hydrogen (secondary N) is 1. The number of piperazine rings is 1. The molecule has 8 heteroatoms. The predicted molar refractivity (Wildman–Crippen MR) is 132 cm³/mol. The Labute approximate surface area is 204 Å². The Kier molecular flexibility index (Phi) is 6.80. The summed E-state index contributed by atoms with van der Waals surface area (Å²) in [5, 5.41) is 12.7. The number of anilines is 2. The van der Waals surface area contributed by atoms with Gasteiger partial charge in [-0.25, -0.2) is 4.39 Å². The Morgan fingerprint density at radius 3 is 2.49 bits per heavy atom. The van der Waals surface area contributed by atoms with Gasteiger partial charge in [-0.05, 0) is 61.4 Å². The fourth-order valence-corrected chi connectivity index (χ4v) is 4.87. The average molecular weight is 474 g/mol. The Hall–Kier alpha value is -3.67. The Morgan fingerprint density at radius 1 is 1.03 bits per heavy atom. The van der Waals surface area contributed by atoms with Crippen LogP contribution in [0.1, 0.15) is 28.8 Å². The molecular weight excluding hydrogens is 445 g/mol. The van der Waals surface area contributed by atoms with E-state index in [1.165, 1.54) is 12.1 Å². The molecule has 1 amide bonds. The predicted octanol–water partition coefficient (Wildman–Crippen LogP) is 4.04. The standard InChI is InChI=1S/C27H28FN5O2/c28-22-1-4-24(5-2-22)33-10-7-20(19-33)27(34)30-23-3-6-26(21(17-23)18-29)32-13-11-31(12-14-32)25-8-15-35-16-9-25/h1-7,10,17,19,25H,8-9,11-16H2,(H,30,34). The summed E-state index contributed by atoms with van der Waals surface area (Å²) in [6.07, 6.45) is 5.63. The second-order valence-electron chi connectivity index (χ2n) is 8.95. The maximum absolute atomic E-state index is 13.2. The first kappa shape index (κ1) is 23.1. The van der Waals surface area contributed by atoms with Crippen LogP contribution in [0.2, 0.25) is 0 Å². The van der Waals surface area contributed by atoms with Crippen LogP contribution in [0.4, 0.5) is 15.8 Å². The molecule has 7 nitrogen and oxygen atoms in total. The quantitative estimate of drug-likeness (QED) is 0.606. The molecule has 0 saturated carbocycles. The van der Waals surface area contributed by atoms with Gasteiger partial charge in [0, 0.05) is 69.2 Å². The second-order valence-corrected chi connectivity index (χ2v) is 8.95. The molecule has 0 bridgehead atoms. The van der Waals surface area contributed by atoms with E-state index in [2.05, 4.69) is 21.2 Å². The number of aromatic nitrogens is 1. The third-order valence-electron chi connectivity index (χ3n) is 6.82. The van der Waals surface area contributed by atoms with Gasteiger partial charge in [0.25, 0.3) is 5.91 Å². The molecule has 1 N–H and O–H groups in total. The number of nitriles is 1. The van der Waals surface area contributed by atoms with Crippen molar-refractivity contribution < 1.29 is 13.9 Å². The van der Waals surface area contributed by atoms with Crippen LogP contribution in [0.3, 0.4) is 0 Å². The molecule has 180 valence electrons. The molecule has 3 aromatic rings. The van der Waals surface area contributed by atoms with Crippen LogP contribution in [0, 0.1) is 17.1 Å². The Morgan fingerprint density at radius 2 is 1.77 bits per heavy atom. The number of nitrogens with zero attached hydrogens (tertiary/aromatic N) is 4. The van der Waals surface area contributed by atoms with Crippen molar-refractivity contribution in [2.45, 2.75) is 18.9 Å². The first-order valence-electron chi connectivity index (χ1n) is 12.0. The van der Waals surface area contributed by atoms with Crippen LogP contribution < -0.4 is 10.2 Å². The summed E-state index contributed by atoms with van der Waals surface area (Å²) >= 11 is 0. The van der Waals surface area contributed by atoms with Crippen LogP contribution in [-0.4, -0.2) is 60.8 Å². The molecular formula is C27H28FN5O2. The summed E-state index contributed by atoms with van der Waals surface area (Å²) in [5.74, 6) is -0.579. The number of carbonyl (C=O) groups is 1. The number of benzene rings is 2. The second kappa shape index (κ2) is 10.3. The summed E-state index contributed by atoms with van der Waals surface area (Å²) in [6, 6.07) is 16.1. The number of carbonyl (C=O) groups excluding carboxylic acids is 1. The highest BCUT2D eigenvalue weighted by Gasteiger charge is 2.26. The fourth-order valence-electron chi connectivity index (χ4n) is 4.87. The molecule has 3 heterocycles. The van der Waals surface area contributed by atoms with Crippen LogP contribution in [0.25, 0.3) is 5.69 Å². The van der Waals surface area contributed by atoms with E-state index in [1.807, 2.05) is 12.1 Å². The summed E-state index contributed by atoms with van der Waals surface area (Å²) < 4.78 is 20.4. The van der Waals surface area contributed by atoms with Gasteiger partial charge in [0.15, 0.2) is 0 Å². The Bertz CT molecular complexity index is 1220. The molecule has 2 aliphatic rings. The number of rotatable bonds is 5. The fraction of sp³-hybridized carbons (Fsp3) is 0.333. The third kappa shape index (κ3) is 5.21. The molecule has 0 spiro atoms. The first-order valence-corrected chi connectivity index (χ1v) is 12.0. The zero-order chi connectivity index (χ0) is 24.2. The number of ether oxygens (including phenoxy) is 1. The van der Waals surface area contributed by atoms with Crippen LogP contribution in [0.15, 0.2) is 60.9 Å². The van der Waals surface area contributed by atoms with Gasteiger partial charge in [-0.2, -0.15) is 5.26 Å². The van der Waals surface area contributed by atoms with Gasteiger partial charge >= 0.3 is 0 Å². The third-order valence-corrected chi connectivity index (χ3v) is 6.82. The normalized spacial score (nSPS) is 17.2. The molecule has 35 heavy (non-hydrogen) atoms. The molecule has 0 aliphatic carbocycles. The minimum absolute atomic E-state index is 0.271. The van der Waals surface area contributed by atoms with Crippen LogP contribution in [-0.2, 0) is 4.74 Å². The highest BCUT2D eigenvalue weighted by atomic mass is 19.1. The van der Waals surface area contributed by atoms with E-state index in [-0.39, 0.29) is 11.7 Å². The lowest BCUT2D eigenvalue weighted by atomic mass is 10.1. The van der Waals surface area contributed by atoms with E-state index in [1.54, 1.807) is 41.2 Å². The van der Waals surface area contributed by atoms with E-state index in [0.29, 0.717) is 22.9 Å². The van der Waals surface area contributed by atoms with E-state index < -0.39 is 0 Å². The molecule has 0 radical (unpaired) electrons. The van der Waals surface area contributed by atoms with E-state index >= 15 is 0 Å². The maximum atomic E-state index is 13.2. The zero-order valence-corrected chi connectivity index (χ0v) is 19.5. The number of hydrogen-bond acceptors (Lipinski definition) is 5. The lowest BCUT2D eigenvalue weighted by Gasteiger charge is -2.41. The highest BCUT2D eigenvalue weighted by molar-refractivity contribution is 6.04. The number of halogens is 1. The van der Waals surface area contributed by atoms with Gasteiger partial charge in [-0.1, -0.05) is 0 Å². The molecule has 2 aromatic carbocycles. The van der Waals surface area contributed by atoms with Gasteiger partial charge in [0.1, 0.15) is 11.9 Å². The zero-order valence-electron chi connectivity index (χ0n) is 19.5. The van der Waals surface area contributed by atoms with Crippen LogP contribution >= 0.6 is 0 Å². The van der Waals surface area contributed by atoms with Crippen molar-refractivity contribution in [2.75, 3.05) is 49.6 Å². The maximum Gasteiger partial charge on any atom is 0.257 e. The lowest BCUT2D eigenvalue weighted by molar-refractivity contribution is 0.0321. The van der Waals surface area contributed by atoms with Crippen molar-refractivity contribution >= 4 is 17.3 Å². The SMILES string of the molecule is N#Cc1cc(NC(=O)c2ccn(-c3ccc(F)cc3)c2)ccc1N1CCN(C2CCOCC2)CC1. The van der Waals surface area contributed by atoms with Gasteiger partial charge in [0.2, 0.25) is 0 Å². The molecule has 1 aromatic heterocycles. The van der Waals surface area contributed by atoms with Crippen molar-refractivity contribution in [1.82, 2.24) is 9.47 Å². The minimum atomic E-state index is -0.309. The van der Waals surface area contributed by atoms with E-state index in [9.17, 15) is 14.4 Å². The molecule has 0 atom stereocenters. The van der Waals surface area contributed by atoms with E-state index in [0.717, 1.165) is 63.6 Å².